The molecule has 0 unspecified atom stereocenters. The number of nitrogens with zero attached hydrogens (tertiary/aromatic N) is 1. The molecule has 3 heteroatoms. The fourth-order valence-corrected chi connectivity index (χ4v) is 2.48. The molecule has 2 aliphatic heterocycles. The minimum absolute atomic E-state index is 0.253. The van der Waals surface area contributed by atoms with Gasteiger partial charge in [-0.15, -0.1) is 0 Å². The maximum Gasteiger partial charge on any atom is 0.233 e. The van der Waals surface area contributed by atoms with Crippen molar-refractivity contribution in [1.29, 1.82) is 0 Å². The van der Waals surface area contributed by atoms with Gasteiger partial charge in [-0.25, -0.2) is 0 Å². The number of carbonyl (C=O) groups excluding carboxylic acids is 1. The molecule has 0 aliphatic carbocycles. The van der Waals surface area contributed by atoms with Gasteiger partial charge in [-0.3, -0.25) is 4.79 Å². The van der Waals surface area contributed by atoms with Crippen molar-refractivity contribution in [2.24, 2.45) is 11.3 Å². The molecule has 0 aromatic rings. The number of hydrogen-bond acceptors (Lipinski definition) is 2. The molecule has 2 rings (SSSR count). The van der Waals surface area contributed by atoms with Gasteiger partial charge in [0.05, 0.1) is 18.6 Å². The van der Waals surface area contributed by atoms with E-state index < -0.39 is 0 Å². The van der Waals surface area contributed by atoms with Gasteiger partial charge >= 0.3 is 0 Å². The Morgan fingerprint density at radius 2 is 2.19 bits per heavy atom. The van der Waals surface area contributed by atoms with Gasteiger partial charge in [-0.2, -0.15) is 0 Å². The van der Waals surface area contributed by atoms with Crippen LogP contribution >= 0.6 is 0 Å². The summed E-state index contributed by atoms with van der Waals surface area (Å²) in [5.41, 5.74) is 0.948. The first kappa shape index (κ1) is 11.6. The summed E-state index contributed by atoms with van der Waals surface area (Å²) in [7, 11) is 0. The average molecular weight is 223 g/mol. The van der Waals surface area contributed by atoms with Gasteiger partial charge in [0.15, 0.2) is 0 Å². The van der Waals surface area contributed by atoms with Gasteiger partial charge in [0, 0.05) is 13.1 Å². The highest BCUT2D eigenvalue weighted by Gasteiger charge is 2.44. The Balaban J connectivity index is 1.99. The molecule has 2 fully saturated rings. The van der Waals surface area contributed by atoms with Crippen molar-refractivity contribution < 1.29 is 9.53 Å². The minimum atomic E-state index is -0.253. The summed E-state index contributed by atoms with van der Waals surface area (Å²) in [6, 6.07) is 0. The summed E-state index contributed by atoms with van der Waals surface area (Å²) in [5, 5.41) is 0. The summed E-state index contributed by atoms with van der Waals surface area (Å²) in [4.78, 5) is 14.3. The highest BCUT2D eigenvalue weighted by molar-refractivity contribution is 5.83. The predicted octanol–water partition coefficient (Wildman–Crippen LogP) is 1.84. The highest BCUT2D eigenvalue weighted by atomic mass is 16.5. The van der Waals surface area contributed by atoms with Crippen molar-refractivity contribution in [3.63, 3.8) is 0 Å². The van der Waals surface area contributed by atoms with Crippen molar-refractivity contribution in [1.82, 2.24) is 4.90 Å². The lowest BCUT2D eigenvalue weighted by Crippen LogP contribution is -2.55. The minimum Gasteiger partial charge on any atom is -0.379 e. The van der Waals surface area contributed by atoms with E-state index in [1.807, 2.05) is 11.8 Å². The van der Waals surface area contributed by atoms with Crippen molar-refractivity contribution in [2.75, 3.05) is 26.3 Å². The zero-order valence-corrected chi connectivity index (χ0v) is 10.3. The van der Waals surface area contributed by atoms with E-state index in [0.29, 0.717) is 19.1 Å². The Morgan fingerprint density at radius 3 is 2.69 bits per heavy atom. The number of amides is 1. The summed E-state index contributed by atoms with van der Waals surface area (Å²) >= 11 is 0. The van der Waals surface area contributed by atoms with Crippen molar-refractivity contribution in [2.45, 2.75) is 26.7 Å². The van der Waals surface area contributed by atoms with E-state index in [9.17, 15) is 4.79 Å². The molecule has 90 valence electrons. The van der Waals surface area contributed by atoms with Crippen molar-refractivity contribution in [3.8, 4) is 0 Å². The topological polar surface area (TPSA) is 29.5 Å². The molecule has 1 amide bonds. The molecule has 0 radical (unpaired) electrons. The Morgan fingerprint density at radius 1 is 1.50 bits per heavy atom. The highest BCUT2D eigenvalue weighted by Crippen LogP contribution is 2.32. The number of rotatable bonds is 2. The molecule has 0 N–H and O–H groups in total. The van der Waals surface area contributed by atoms with E-state index in [4.69, 9.17) is 4.74 Å². The van der Waals surface area contributed by atoms with Crippen LogP contribution in [0, 0.1) is 11.3 Å². The van der Waals surface area contributed by atoms with Gasteiger partial charge in [-0.05, 0) is 32.6 Å². The Hall–Kier alpha value is -0.830. The van der Waals surface area contributed by atoms with Crippen molar-refractivity contribution in [3.05, 3.63) is 12.2 Å². The molecular weight excluding hydrogens is 202 g/mol. The number of hydrogen-bond donors (Lipinski definition) is 0. The first-order valence-corrected chi connectivity index (χ1v) is 6.05. The van der Waals surface area contributed by atoms with Gasteiger partial charge in [0.25, 0.3) is 0 Å². The third kappa shape index (κ3) is 2.01. The van der Waals surface area contributed by atoms with Gasteiger partial charge in [-0.1, -0.05) is 12.2 Å². The van der Waals surface area contributed by atoms with Crippen LogP contribution in [0.4, 0.5) is 0 Å². The first-order valence-electron chi connectivity index (χ1n) is 6.05. The zero-order chi connectivity index (χ0) is 11.8. The number of ether oxygens (including phenoxy) is 1. The second-order valence-electron chi connectivity index (χ2n) is 5.49. The second-order valence-corrected chi connectivity index (χ2v) is 5.49. The molecule has 2 heterocycles. The number of carbonyl (C=O) groups is 1. The molecule has 1 atom stereocenters. The molecule has 0 aromatic carbocycles. The molecule has 0 saturated carbocycles. The average Bonchev–Trinajstić information content (AvgIpc) is 2.25. The maximum atomic E-state index is 12.3. The molecule has 0 spiro atoms. The quantitative estimate of drug-likeness (QED) is 0.668. The molecular formula is C13H21NO2. The van der Waals surface area contributed by atoms with Crippen LogP contribution in [0.1, 0.15) is 26.7 Å². The molecule has 2 aliphatic rings. The van der Waals surface area contributed by atoms with Crippen molar-refractivity contribution >= 4 is 5.91 Å². The van der Waals surface area contributed by atoms with E-state index in [2.05, 4.69) is 13.5 Å². The molecule has 0 bridgehead atoms. The second kappa shape index (κ2) is 4.21. The lowest BCUT2D eigenvalue weighted by Gasteiger charge is -2.43. The normalized spacial score (nSPS) is 28.4. The van der Waals surface area contributed by atoms with Crippen LogP contribution in [0.5, 0.6) is 0 Å². The smallest absolute Gasteiger partial charge is 0.233 e. The Bertz CT molecular complexity index is 307. The standard InChI is InChI=1S/C13H21NO2/c1-10(2)11-5-4-6-14(7-11)12(15)13(3)8-16-9-13/h11H,1,4-9H2,2-3H3/t11-/m1/s1. The van der Waals surface area contributed by atoms with Crippen LogP contribution in [-0.2, 0) is 9.53 Å². The van der Waals surface area contributed by atoms with Gasteiger partial charge in [0.2, 0.25) is 5.91 Å². The van der Waals surface area contributed by atoms with E-state index in [-0.39, 0.29) is 11.3 Å². The van der Waals surface area contributed by atoms with E-state index >= 15 is 0 Å². The fraction of sp³-hybridized carbons (Fsp3) is 0.769. The summed E-state index contributed by atoms with van der Waals surface area (Å²) in [6.07, 6.45) is 2.27. The summed E-state index contributed by atoms with van der Waals surface area (Å²) in [6.45, 7) is 11.0. The predicted molar refractivity (Wildman–Crippen MR) is 63.0 cm³/mol. The molecule has 2 saturated heterocycles. The fourth-order valence-electron chi connectivity index (χ4n) is 2.48. The zero-order valence-electron chi connectivity index (χ0n) is 10.3. The van der Waals surface area contributed by atoms with Crippen LogP contribution in [-0.4, -0.2) is 37.1 Å². The third-order valence-corrected chi connectivity index (χ3v) is 3.76. The summed E-state index contributed by atoms with van der Waals surface area (Å²) < 4.78 is 5.16. The largest absolute Gasteiger partial charge is 0.379 e. The summed E-state index contributed by atoms with van der Waals surface area (Å²) in [5.74, 6) is 0.756. The van der Waals surface area contributed by atoms with Gasteiger partial charge in [0.1, 0.15) is 0 Å². The first-order chi connectivity index (χ1) is 7.53. The van der Waals surface area contributed by atoms with Crippen LogP contribution in [0.2, 0.25) is 0 Å². The lowest BCUT2D eigenvalue weighted by atomic mass is 9.84. The van der Waals surface area contributed by atoms with Crippen LogP contribution in [0.15, 0.2) is 12.2 Å². The molecule has 16 heavy (non-hydrogen) atoms. The lowest BCUT2D eigenvalue weighted by molar-refractivity contribution is -0.170. The van der Waals surface area contributed by atoms with Crippen LogP contribution in [0.3, 0.4) is 0 Å². The van der Waals surface area contributed by atoms with E-state index in [1.165, 1.54) is 12.0 Å². The molecule has 3 nitrogen and oxygen atoms in total. The van der Waals surface area contributed by atoms with E-state index in [0.717, 1.165) is 19.5 Å². The van der Waals surface area contributed by atoms with Crippen LogP contribution < -0.4 is 0 Å². The van der Waals surface area contributed by atoms with Gasteiger partial charge < -0.3 is 9.64 Å². The maximum absolute atomic E-state index is 12.3. The van der Waals surface area contributed by atoms with E-state index in [1.54, 1.807) is 0 Å². The SMILES string of the molecule is C=C(C)[C@@H]1CCCN(C(=O)C2(C)COC2)C1. The van der Waals surface area contributed by atoms with Crippen LogP contribution in [0.25, 0.3) is 0 Å². The monoisotopic (exact) mass is 223 g/mol. The third-order valence-electron chi connectivity index (χ3n) is 3.76. The molecule has 0 aromatic heterocycles. The number of piperidine rings is 1. The number of likely N-dealkylation sites (tertiary alicyclic amines) is 1. The Labute approximate surface area is 97.5 Å². The Kier molecular flexibility index (Phi) is 3.06.